The smallest absolute Gasteiger partial charge is 0.216 e. The molecule has 0 saturated heterocycles. The van der Waals surface area contributed by atoms with Crippen LogP contribution >= 0.6 is 23.1 Å². The zero-order chi connectivity index (χ0) is 17.8. The van der Waals surface area contributed by atoms with Gasteiger partial charge in [-0.05, 0) is 30.7 Å². The van der Waals surface area contributed by atoms with E-state index in [9.17, 15) is 9.59 Å². The third-order valence-corrected chi connectivity index (χ3v) is 5.98. The highest BCUT2D eigenvalue weighted by Gasteiger charge is 2.13. The molecule has 0 bridgehead atoms. The van der Waals surface area contributed by atoms with Crippen LogP contribution in [-0.4, -0.2) is 33.5 Å². The first-order chi connectivity index (χ1) is 12.0. The number of fused-ring (bicyclic) bond motifs is 1. The second-order valence-electron chi connectivity index (χ2n) is 5.65. The topological polar surface area (TPSA) is 64.0 Å². The summed E-state index contributed by atoms with van der Waals surface area (Å²) in [5, 5.41) is 3.61. The Morgan fingerprint density at radius 3 is 2.80 bits per heavy atom. The van der Waals surface area contributed by atoms with Crippen LogP contribution in [-0.2, 0) is 18.3 Å². The Hall–Kier alpha value is -2.12. The molecule has 2 aromatic heterocycles. The molecule has 0 unspecified atom stereocenters. The Kier molecular flexibility index (Phi) is 5.55. The van der Waals surface area contributed by atoms with E-state index >= 15 is 0 Å². The first-order valence-electron chi connectivity index (χ1n) is 7.95. The van der Waals surface area contributed by atoms with Gasteiger partial charge < -0.3 is 9.88 Å². The highest BCUT2D eigenvalue weighted by atomic mass is 32.2. The first-order valence-corrected chi connectivity index (χ1v) is 9.75. The molecule has 1 N–H and O–H groups in total. The van der Waals surface area contributed by atoms with Gasteiger partial charge in [0.15, 0.2) is 10.9 Å². The molecule has 5 nitrogen and oxygen atoms in total. The van der Waals surface area contributed by atoms with Gasteiger partial charge in [0, 0.05) is 25.4 Å². The molecule has 0 atom stereocenters. The summed E-state index contributed by atoms with van der Waals surface area (Å²) in [6.45, 7) is 2.10. The molecular weight excluding hydrogens is 354 g/mol. The van der Waals surface area contributed by atoms with Crippen LogP contribution in [0.2, 0.25) is 0 Å². The summed E-state index contributed by atoms with van der Waals surface area (Å²) < 4.78 is 2.01. The van der Waals surface area contributed by atoms with E-state index in [0.29, 0.717) is 12.3 Å². The van der Waals surface area contributed by atoms with Gasteiger partial charge in [-0.15, -0.1) is 11.3 Å². The van der Waals surface area contributed by atoms with Gasteiger partial charge >= 0.3 is 0 Å². The van der Waals surface area contributed by atoms with Gasteiger partial charge in [0.2, 0.25) is 5.91 Å². The largest absolute Gasteiger partial charge is 0.356 e. The van der Waals surface area contributed by atoms with Crippen molar-refractivity contribution in [2.75, 3.05) is 12.3 Å². The molecule has 0 radical (unpaired) electrons. The van der Waals surface area contributed by atoms with E-state index in [4.69, 9.17) is 0 Å². The van der Waals surface area contributed by atoms with Crippen LogP contribution in [0.5, 0.6) is 0 Å². The summed E-state index contributed by atoms with van der Waals surface area (Å²) in [7, 11) is 1.97. The normalized spacial score (nSPS) is 11.0. The first kappa shape index (κ1) is 17.7. The highest BCUT2D eigenvalue weighted by molar-refractivity contribution is 7.99. The molecule has 2 heterocycles. The molecule has 25 heavy (non-hydrogen) atoms. The standard InChI is InChI=1S/C18H19N3O2S2/c1-12(22)19-10-9-13-7-8-17(25-13)16(23)11-24-18-20-14-5-3-4-6-15(14)21(18)2/h3-8H,9-11H2,1-2H3,(H,19,22). The van der Waals surface area contributed by atoms with Gasteiger partial charge in [0.1, 0.15) is 0 Å². The number of benzene rings is 1. The zero-order valence-electron chi connectivity index (χ0n) is 14.1. The Balaban J connectivity index is 1.59. The molecule has 0 aliphatic rings. The van der Waals surface area contributed by atoms with Crippen molar-refractivity contribution in [2.45, 2.75) is 18.5 Å². The van der Waals surface area contributed by atoms with Crippen LogP contribution in [0.4, 0.5) is 0 Å². The van der Waals surface area contributed by atoms with Crippen molar-refractivity contribution in [1.82, 2.24) is 14.9 Å². The van der Waals surface area contributed by atoms with Crippen molar-refractivity contribution in [3.8, 4) is 0 Å². The van der Waals surface area contributed by atoms with Crippen LogP contribution < -0.4 is 5.32 Å². The quantitative estimate of drug-likeness (QED) is 0.510. The lowest BCUT2D eigenvalue weighted by Gasteiger charge is -2.01. The van der Waals surface area contributed by atoms with Gasteiger partial charge in [-0.2, -0.15) is 0 Å². The molecule has 0 fully saturated rings. The van der Waals surface area contributed by atoms with Crippen molar-refractivity contribution >= 4 is 45.8 Å². The van der Waals surface area contributed by atoms with Crippen molar-refractivity contribution < 1.29 is 9.59 Å². The van der Waals surface area contributed by atoms with Crippen molar-refractivity contribution in [2.24, 2.45) is 7.05 Å². The molecule has 130 valence electrons. The van der Waals surface area contributed by atoms with Gasteiger partial charge in [0.25, 0.3) is 0 Å². The molecule has 0 aliphatic heterocycles. The number of nitrogens with zero attached hydrogens (tertiary/aromatic N) is 2. The lowest BCUT2D eigenvalue weighted by atomic mass is 10.3. The summed E-state index contributed by atoms with van der Waals surface area (Å²) in [5.41, 5.74) is 2.00. The zero-order valence-corrected chi connectivity index (χ0v) is 15.7. The third-order valence-electron chi connectivity index (χ3n) is 3.76. The predicted octanol–water partition coefficient (Wildman–Crippen LogP) is 3.29. The van der Waals surface area contributed by atoms with Crippen LogP contribution in [0, 0.1) is 0 Å². The van der Waals surface area contributed by atoms with Crippen LogP contribution in [0.1, 0.15) is 21.5 Å². The summed E-state index contributed by atoms with van der Waals surface area (Å²) in [6.07, 6.45) is 0.745. The number of hydrogen-bond acceptors (Lipinski definition) is 5. The number of aromatic nitrogens is 2. The van der Waals surface area contributed by atoms with E-state index in [1.807, 2.05) is 48.0 Å². The number of nitrogens with one attached hydrogen (secondary N) is 1. The number of carbonyl (C=O) groups excluding carboxylic acids is 2. The number of Topliss-reactive ketones (excluding diaryl/α,β-unsaturated/α-hetero) is 1. The maximum absolute atomic E-state index is 12.4. The minimum atomic E-state index is -0.0355. The lowest BCUT2D eigenvalue weighted by Crippen LogP contribution is -2.22. The van der Waals surface area contributed by atoms with Crippen LogP contribution in [0.3, 0.4) is 0 Å². The second kappa shape index (κ2) is 7.84. The molecule has 1 amide bonds. The van der Waals surface area contributed by atoms with Crippen LogP contribution in [0.25, 0.3) is 11.0 Å². The number of ketones is 1. The lowest BCUT2D eigenvalue weighted by molar-refractivity contribution is -0.118. The number of thiophene rings is 1. The van der Waals surface area contributed by atoms with E-state index in [0.717, 1.165) is 32.4 Å². The van der Waals surface area contributed by atoms with Gasteiger partial charge in [-0.1, -0.05) is 23.9 Å². The number of hydrogen-bond donors (Lipinski definition) is 1. The molecular formula is C18H19N3O2S2. The average Bonchev–Trinajstić information content (AvgIpc) is 3.18. The van der Waals surface area contributed by atoms with Gasteiger partial charge in [0.05, 0.1) is 21.7 Å². The van der Waals surface area contributed by atoms with Crippen LogP contribution in [0.15, 0.2) is 41.6 Å². The fourth-order valence-corrected chi connectivity index (χ4v) is 4.38. The number of amides is 1. The maximum atomic E-state index is 12.4. The van der Waals surface area contributed by atoms with E-state index in [1.54, 1.807) is 0 Å². The van der Waals surface area contributed by atoms with Gasteiger partial charge in [-0.3, -0.25) is 9.59 Å². The molecule has 0 aliphatic carbocycles. The van der Waals surface area contributed by atoms with E-state index in [-0.39, 0.29) is 11.7 Å². The minimum Gasteiger partial charge on any atom is -0.356 e. The number of aryl methyl sites for hydroxylation is 1. The van der Waals surface area contributed by atoms with Gasteiger partial charge in [-0.25, -0.2) is 4.98 Å². The molecule has 3 aromatic rings. The second-order valence-corrected chi connectivity index (χ2v) is 7.76. The van der Waals surface area contributed by atoms with E-state index in [2.05, 4.69) is 10.3 Å². The monoisotopic (exact) mass is 373 g/mol. The summed E-state index contributed by atoms with van der Waals surface area (Å²) in [5.74, 6) is 0.433. The summed E-state index contributed by atoms with van der Waals surface area (Å²) >= 11 is 2.95. The molecule has 0 spiro atoms. The Labute approximate surface area is 154 Å². The van der Waals surface area contributed by atoms with E-state index in [1.165, 1.54) is 30.0 Å². The average molecular weight is 374 g/mol. The third kappa shape index (κ3) is 4.29. The Morgan fingerprint density at radius 1 is 1.24 bits per heavy atom. The molecule has 0 saturated carbocycles. The molecule has 7 heteroatoms. The fraction of sp³-hybridized carbons (Fsp3) is 0.278. The Morgan fingerprint density at radius 2 is 2.04 bits per heavy atom. The summed E-state index contributed by atoms with van der Waals surface area (Å²) in [6, 6.07) is 11.8. The molecule has 1 aromatic carbocycles. The number of para-hydroxylation sites is 2. The van der Waals surface area contributed by atoms with Crippen molar-refractivity contribution in [3.05, 3.63) is 46.2 Å². The fourth-order valence-electron chi connectivity index (χ4n) is 2.48. The molecule has 3 rings (SSSR count). The predicted molar refractivity (Wildman–Crippen MR) is 102 cm³/mol. The van der Waals surface area contributed by atoms with Crippen molar-refractivity contribution in [3.63, 3.8) is 0 Å². The number of thioether (sulfide) groups is 1. The Bertz CT molecular complexity index is 914. The maximum Gasteiger partial charge on any atom is 0.216 e. The summed E-state index contributed by atoms with van der Waals surface area (Å²) in [4.78, 5) is 29.7. The van der Waals surface area contributed by atoms with E-state index < -0.39 is 0 Å². The minimum absolute atomic E-state index is 0.0355. The number of rotatable bonds is 7. The highest BCUT2D eigenvalue weighted by Crippen LogP contribution is 2.25. The number of imidazole rings is 1. The van der Waals surface area contributed by atoms with Crippen molar-refractivity contribution in [1.29, 1.82) is 0 Å². The SMILES string of the molecule is CC(=O)NCCc1ccc(C(=O)CSc2nc3ccccc3n2C)s1. The number of carbonyl (C=O) groups is 2.